The smallest absolute Gasteiger partial charge is 0.248 e. The first-order chi connectivity index (χ1) is 12.0. The highest BCUT2D eigenvalue weighted by Gasteiger charge is 2.13. The van der Waals surface area contributed by atoms with Gasteiger partial charge in [-0.25, -0.2) is 8.37 Å². The van der Waals surface area contributed by atoms with Crippen molar-refractivity contribution in [1.82, 2.24) is 0 Å². The molecule has 0 aromatic rings. The maximum atomic E-state index is 11.8. The first-order valence-corrected chi connectivity index (χ1v) is 11.9. The van der Waals surface area contributed by atoms with Crippen molar-refractivity contribution in [1.29, 1.82) is 0 Å². The van der Waals surface area contributed by atoms with Crippen LogP contribution in [0.3, 0.4) is 0 Å². The van der Waals surface area contributed by atoms with Crippen molar-refractivity contribution in [3.63, 3.8) is 0 Å². The van der Waals surface area contributed by atoms with E-state index in [9.17, 15) is 8.42 Å². The molecule has 25 heavy (non-hydrogen) atoms. The van der Waals surface area contributed by atoms with E-state index in [1.807, 2.05) is 0 Å². The SMILES string of the molecule is CCCCC(CC)CCCOS(=O)(=O)OCCCC(CC)CCCC. The van der Waals surface area contributed by atoms with Gasteiger partial charge in [0, 0.05) is 0 Å². The average molecular weight is 379 g/mol. The van der Waals surface area contributed by atoms with Gasteiger partial charge in [-0.2, -0.15) is 8.42 Å². The summed E-state index contributed by atoms with van der Waals surface area (Å²) in [4.78, 5) is 0. The minimum absolute atomic E-state index is 0.235. The van der Waals surface area contributed by atoms with Crippen LogP contribution in [-0.2, 0) is 18.8 Å². The van der Waals surface area contributed by atoms with Gasteiger partial charge >= 0.3 is 10.4 Å². The zero-order valence-corrected chi connectivity index (χ0v) is 17.9. The number of unbranched alkanes of at least 4 members (excludes halogenated alkanes) is 2. The first kappa shape index (κ1) is 24.9. The zero-order valence-electron chi connectivity index (χ0n) is 17.1. The van der Waals surface area contributed by atoms with E-state index in [2.05, 4.69) is 27.7 Å². The molecular formula is C20H42O4S. The molecule has 0 aromatic heterocycles. The molecule has 2 unspecified atom stereocenters. The lowest BCUT2D eigenvalue weighted by Crippen LogP contribution is -2.13. The highest BCUT2D eigenvalue weighted by Crippen LogP contribution is 2.20. The standard InChI is InChI=1S/C20H42O4S/c1-5-9-13-19(7-3)15-11-17-23-25(21,22)24-18-12-16-20(8-4)14-10-6-2/h19-20H,5-18H2,1-4H3. The zero-order chi connectivity index (χ0) is 19.0. The van der Waals surface area contributed by atoms with Crippen LogP contribution < -0.4 is 0 Å². The molecule has 0 aromatic carbocycles. The largest absolute Gasteiger partial charge is 0.399 e. The van der Waals surface area contributed by atoms with Crippen LogP contribution in [-0.4, -0.2) is 21.6 Å². The van der Waals surface area contributed by atoms with Gasteiger partial charge in [0.1, 0.15) is 0 Å². The van der Waals surface area contributed by atoms with Crippen LogP contribution >= 0.6 is 0 Å². The second kappa shape index (κ2) is 16.1. The third-order valence-corrected chi connectivity index (χ3v) is 5.97. The van der Waals surface area contributed by atoms with Gasteiger partial charge in [0.05, 0.1) is 13.2 Å². The molecule has 0 amide bonds. The molecule has 0 saturated heterocycles. The highest BCUT2D eigenvalue weighted by molar-refractivity contribution is 7.81. The van der Waals surface area contributed by atoms with Crippen molar-refractivity contribution in [2.75, 3.05) is 13.2 Å². The van der Waals surface area contributed by atoms with E-state index in [0.29, 0.717) is 11.8 Å². The normalized spacial score (nSPS) is 14.6. The minimum Gasteiger partial charge on any atom is -0.248 e. The van der Waals surface area contributed by atoms with E-state index in [0.717, 1.165) is 38.5 Å². The molecule has 152 valence electrons. The van der Waals surface area contributed by atoms with Crippen molar-refractivity contribution in [3.05, 3.63) is 0 Å². The fourth-order valence-corrected chi connectivity index (χ4v) is 3.90. The van der Waals surface area contributed by atoms with Gasteiger partial charge in [-0.15, -0.1) is 0 Å². The predicted octanol–water partition coefficient (Wildman–Crippen LogP) is 6.26. The summed E-state index contributed by atoms with van der Waals surface area (Å²) in [5, 5.41) is 0. The van der Waals surface area contributed by atoms with Gasteiger partial charge in [-0.05, 0) is 37.5 Å². The summed E-state index contributed by atoms with van der Waals surface area (Å²) < 4.78 is 33.5. The maximum absolute atomic E-state index is 11.8. The Bertz CT molecular complexity index is 351. The molecule has 0 N–H and O–H groups in total. The number of hydrogen-bond acceptors (Lipinski definition) is 4. The maximum Gasteiger partial charge on any atom is 0.399 e. The Hall–Kier alpha value is -0.130. The third-order valence-electron chi connectivity index (χ3n) is 5.06. The van der Waals surface area contributed by atoms with Gasteiger partial charge < -0.3 is 0 Å². The molecule has 5 heteroatoms. The lowest BCUT2D eigenvalue weighted by atomic mass is 9.95. The van der Waals surface area contributed by atoms with Crippen LogP contribution in [0.4, 0.5) is 0 Å². The number of hydrogen-bond donors (Lipinski definition) is 0. The lowest BCUT2D eigenvalue weighted by molar-refractivity contribution is 0.200. The summed E-state index contributed by atoms with van der Waals surface area (Å²) in [6.07, 6.45) is 13.3. The topological polar surface area (TPSA) is 52.6 Å². The van der Waals surface area contributed by atoms with E-state index in [-0.39, 0.29) is 13.2 Å². The Morgan fingerprint density at radius 1 is 0.640 bits per heavy atom. The van der Waals surface area contributed by atoms with Gasteiger partial charge in [-0.1, -0.05) is 79.1 Å². The summed E-state index contributed by atoms with van der Waals surface area (Å²) in [6, 6.07) is 0. The van der Waals surface area contributed by atoms with Gasteiger partial charge in [0.2, 0.25) is 0 Å². The fraction of sp³-hybridized carbons (Fsp3) is 1.00. The van der Waals surface area contributed by atoms with Crippen molar-refractivity contribution in [2.24, 2.45) is 11.8 Å². The Morgan fingerprint density at radius 2 is 1.00 bits per heavy atom. The van der Waals surface area contributed by atoms with Crippen LogP contribution in [0, 0.1) is 11.8 Å². The van der Waals surface area contributed by atoms with Crippen molar-refractivity contribution in [2.45, 2.75) is 105 Å². The van der Waals surface area contributed by atoms with E-state index in [1.54, 1.807) is 0 Å². The van der Waals surface area contributed by atoms with Crippen molar-refractivity contribution < 1.29 is 16.8 Å². The molecule has 0 saturated carbocycles. The van der Waals surface area contributed by atoms with E-state index in [4.69, 9.17) is 8.37 Å². The summed E-state index contributed by atoms with van der Waals surface area (Å²) in [5.41, 5.74) is 0. The number of rotatable bonds is 18. The highest BCUT2D eigenvalue weighted by atomic mass is 32.3. The van der Waals surface area contributed by atoms with Crippen molar-refractivity contribution >= 4 is 10.4 Å². The summed E-state index contributed by atoms with van der Waals surface area (Å²) >= 11 is 0. The van der Waals surface area contributed by atoms with E-state index < -0.39 is 10.4 Å². The molecule has 0 aliphatic heterocycles. The molecule has 0 heterocycles. The molecule has 0 rings (SSSR count). The monoisotopic (exact) mass is 378 g/mol. The molecule has 2 atom stereocenters. The minimum atomic E-state index is -3.82. The molecular weight excluding hydrogens is 336 g/mol. The van der Waals surface area contributed by atoms with Crippen molar-refractivity contribution in [3.8, 4) is 0 Å². The van der Waals surface area contributed by atoms with Crippen LogP contribution in [0.2, 0.25) is 0 Å². The van der Waals surface area contributed by atoms with Crippen LogP contribution in [0.15, 0.2) is 0 Å². The summed E-state index contributed by atoms with van der Waals surface area (Å²) in [7, 11) is -3.82. The van der Waals surface area contributed by atoms with Gasteiger partial charge in [0.25, 0.3) is 0 Å². The molecule has 0 radical (unpaired) electrons. The summed E-state index contributed by atoms with van der Waals surface area (Å²) in [6.45, 7) is 9.27. The Balaban J connectivity index is 3.83. The van der Waals surface area contributed by atoms with E-state index in [1.165, 1.54) is 38.5 Å². The quantitative estimate of drug-likeness (QED) is 0.264. The lowest BCUT2D eigenvalue weighted by Gasteiger charge is -2.15. The van der Waals surface area contributed by atoms with Crippen LogP contribution in [0.1, 0.15) is 105 Å². The Kier molecular flexibility index (Phi) is 16.0. The van der Waals surface area contributed by atoms with Gasteiger partial charge in [-0.3, -0.25) is 0 Å². The van der Waals surface area contributed by atoms with E-state index >= 15 is 0 Å². The molecule has 0 aliphatic rings. The molecule has 0 aliphatic carbocycles. The Morgan fingerprint density at radius 3 is 1.32 bits per heavy atom. The second-order valence-electron chi connectivity index (χ2n) is 7.17. The average Bonchev–Trinajstić information content (AvgIpc) is 2.60. The molecule has 4 nitrogen and oxygen atoms in total. The van der Waals surface area contributed by atoms with Gasteiger partial charge in [0.15, 0.2) is 0 Å². The van der Waals surface area contributed by atoms with Crippen LogP contribution in [0.5, 0.6) is 0 Å². The molecule has 0 spiro atoms. The second-order valence-corrected chi connectivity index (χ2v) is 8.46. The molecule has 0 bridgehead atoms. The molecule has 0 fully saturated rings. The predicted molar refractivity (Wildman–Crippen MR) is 106 cm³/mol. The first-order valence-electron chi connectivity index (χ1n) is 10.5. The Labute approximate surface area is 157 Å². The van der Waals surface area contributed by atoms with Crippen LogP contribution in [0.25, 0.3) is 0 Å². The third kappa shape index (κ3) is 14.7. The fourth-order valence-electron chi connectivity index (χ4n) is 3.19. The summed E-state index contributed by atoms with van der Waals surface area (Å²) in [5.74, 6) is 1.36.